The van der Waals surface area contributed by atoms with E-state index in [1.165, 1.54) is 12.1 Å². The lowest BCUT2D eigenvalue weighted by molar-refractivity contribution is -0.132. The number of likely N-dealkylation sites (tertiary alicyclic amines) is 1. The molecule has 0 spiro atoms. The summed E-state index contributed by atoms with van der Waals surface area (Å²) in [6.07, 6.45) is 1.21. The molecule has 3 rings (SSSR count). The van der Waals surface area contributed by atoms with Gasteiger partial charge in [-0.3, -0.25) is 9.59 Å². The van der Waals surface area contributed by atoms with E-state index >= 15 is 0 Å². The van der Waals surface area contributed by atoms with Crippen molar-refractivity contribution in [3.05, 3.63) is 35.6 Å². The number of hydrogen-bond donors (Lipinski definition) is 3. The first-order chi connectivity index (χ1) is 10.5. The summed E-state index contributed by atoms with van der Waals surface area (Å²) in [6.45, 7) is 0.958. The van der Waals surface area contributed by atoms with Gasteiger partial charge in [-0.2, -0.15) is 0 Å². The van der Waals surface area contributed by atoms with Crippen LogP contribution in [0.25, 0.3) is 0 Å². The summed E-state index contributed by atoms with van der Waals surface area (Å²) in [5.74, 6) is -0.902. The van der Waals surface area contributed by atoms with Gasteiger partial charge in [0.25, 0.3) is 0 Å². The minimum Gasteiger partial charge on any atom is -0.369 e. The van der Waals surface area contributed by atoms with Gasteiger partial charge in [-0.25, -0.2) is 15.2 Å². The number of halogens is 1. The Balaban J connectivity index is 1.59. The van der Waals surface area contributed by atoms with E-state index in [0.29, 0.717) is 25.9 Å². The average Bonchev–Trinajstić information content (AvgIpc) is 3.17. The van der Waals surface area contributed by atoms with E-state index in [9.17, 15) is 14.0 Å². The van der Waals surface area contributed by atoms with E-state index < -0.39 is 0 Å². The Kier molecular flexibility index (Phi) is 4.08. The van der Waals surface area contributed by atoms with E-state index in [1.54, 1.807) is 17.0 Å². The van der Waals surface area contributed by atoms with Crippen molar-refractivity contribution >= 4 is 11.8 Å². The zero-order valence-electron chi connectivity index (χ0n) is 12.1. The van der Waals surface area contributed by atoms with Crippen molar-refractivity contribution in [2.45, 2.75) is 24.9 Å². The topological polar surface area (TPSA) is 87.5 Å². The Hall–Kier alpha value is -1.99. The molecule has 0 saturated carbocycles. The minimum atomic E-state index is -0.350. The molecule has 4 N–H and O–H groups in total. The molecule has 0 aromatic heterocycles. The van der Waals surface area contributed by atoms with Crippen LogP contribution in [-0.2, 0) is 9.59 Å². The quantitative estimate of drug-likeness (QED) is 0.737. The van der Waals surface area contributed by atoms with Crippen LogP contribution < -0.4 is 16.6 Å². The number of nitrogens with zero attached hydrogens (tertiary/aromatic N) is 1. The van der Waals surface area contributed by atoms with Crippen LogP contribution in [0.5, 0.6) is 0 Å². The summed E-state index contributed by atoms with van der Waals surface area (Å²) in [5.41, 5.74) is 12.3. The number of nitrogens with two attached hydrogens (primary N) is 1. The second kappa shape index (κ2) is 6.02. The van der Waals surface area contributed by atoms with Crippen LogP contribution in [0, 0.1) is 11.7 Å². The van der Waals surface area contributed by atoms with Gasteiger partial charge in [0.2, 0.25) is 11.8 Å². The fraction of sp³-hybridized carbons (Fsp3) is 0.467. The molecule has 2 heterocycles. The first-order valence-electron chi connectivity index (χ1n) is 7.39. The van der Waals surface area contributed by atoms with Crippen molar-refractivity contribution < 1.29 is 14.0 Å². The molecule has 0 radical (unpaired) electrons. The van der Waals surface area contributed by atoms with Crippen molar-refractivity contribution in [2.75, 3.05) is 13.1 Å². The predicted molar refractivity (Wildman–Crippen MR) is 77.7 cm³/mol. The monoisotopic (exact) mass is 306 g/mol. The fourth-order valence-electron chi connectivity index (χ4n) is 3.04. The SMILES string of the molecule is NC(=O)C1CCN(C(=O)C2CC(c3ccc(F)cc3)NN2)C1. The van der Waals surface area contributed by atoms with Crippen LogP contribution in [-0.4, -0.2) is 35.8 Å². The maximum absolute atomic E-state index is 13.0. The minimum absolute atomic E-state index is 0.0270. The van der Waals surface area contributed by atoms with Gasteiger partial charge in [0.05, 0.1) is 5.92 Å². The molecule has 22 heavy (non-hydrogen) atoms. The lowest BCUT2D eigenvalue weighted by atomic mass is 10.0. The van der Waals surface area contributed by atoms with Crippen molar-refractivity contribution in [3.8, 4) is 0 Å². The molecular formula is C15H19FN4O2. The van der Waals surface area contributed by atoms with Gasteiger partial charge >= 0.3 is 0 Å². The second-order valence-corrected chi connectivity index (χ2v) is 5.85. The molecule has 118 valence electrons. The number of hydrogen-bond acceptors (Lipinski definition) is 4. The van der Waals surface area contributed by atoms with Crippen molar-refractivity contribution in [2.24, 2.45) is 11.7 Å². The maximum atomic E-state index is 13.0. The third-order valence-electron chi connectivity index (χ3n) is 4.38. The Morgan fingerprint density at radius 1 is 1.23 bits per heavy atom. The van der Waals surface area contributed by atoms with Crippen molar-refractivity contribution in [1.82, 2.24) is 15.8 Å². The molecule has 0 bridgehead atoms. The molecule has 3 atom stereocenters. The molecule has 6 nitrogen and oxygen atoms in total. The summed E-state index contributed by atoms with van der Waals surface area (Å²) >= 11 is 0. The van der Waals surface area contributed by atoms with Gasteiger partial charge in [-0.15, -0.1) is 0 Å². The molecule has 1 aromatic rings. The van der Waals surface area contributed by atoms with Gasteiger partial charge < -0.3 is 10.6 Å². The molecule has 1 aromatic carbocycles. The largest absolute Gasteiger partial charge is 0.369 e. The summed E-state index contributed by atoms with van der Waals surface area (Å²) in [5, 5.41) is 0. The van der Waals surface area contributed by atoms with Gasteiger partial charge in [0.15, 0.2) is 0 Å². The molecule has 2 aliphatic rings. The van der Waals surface area contributed by atoms with E-state index in [-0.39, 0.29) is 35.6 Å². The molecule has 2 aliphatic heterocycles. The average molecular weight is 306 g/mol. The Morgan fingerprint density at radius 2 is 1.95 bits per heavy atom. The Bertz CT molecular complexity index is 577. The number of primary amides is 1. The van der Waals surface area contributed by atoms with Gasteiger partial charge in [0, 0.05) is 19.1 Å². The van der Waals surface area contributed by atoms with Crippen LogP contribution >= 0.6 is 0 Å². The third kappa shape index (κ3) is 2.95. The van der Waals surface area contributed by atoms with Crippen molar-refractivity contribution in [1.29, 1.82) is 0 Å². The van der Waals surface area contributed by atoms with Gasteiger partial charge in [-0.1, -0.05) is 12.1 Å². The number of amides is 2. The predicted octanol–water partition coefficient (Wildman–Crippen LogP) is 0.0671. The first-order valence-corrected chi connectivity index (χ1v) is 7.39. The van der Waals surface area contributed by atoms with Crippen LogP contribution in [0.1, 0.15) is 24.4 Å². The first kappa shape index (κ1) is 14.9. The number of carbonyl (C=O) groups is 2. The second-order valence-electron chi connectivity index (χ2n) is 5.85. The highest BCUT2D eigenvalue weighted by molar-refractivity contribution is 5.84. The van der Waals surface area contributed by atoms with Crippen LogP contribution in [0.2, 0.25) is 0 Å². The lowest BCUT2D eigenvalue weighted by Crippen LogP contribution is -2.45. The van der Waals surface area contributed by atoms with Gasteiger partial charge in [-0.05, 0) is 30.5 Å². The number of rotatable bonds is 3. The number of benzene rings is 1. The summed E-state index contributed by atoms with van der Waals surface area (Å²) < 4.78 is 13.0. The van der Waals surface area contributed by atoms with E-state index in [1.807, 2.05) is 0 Å². The van der Waals surface area contributed by atoms with Crippen molar-refractivity contribution in [3.63, 3.8) is 0 Å². The Labute approximate surface area is 127 Å². The van der Waals surface area contributed by atoms with E-state index in [0.717, 1.165) is 5.56 Å². The molecule has 0 aliphatic carbocycles. The molecule has 7 heteroatoms. The number of nitrogens with one attached hydrogen (secondary N) is 2. The number of hydrazine groups is 1. The molecule has 3 unspecified atom stereocenters. The van der Waals surface area contributed by atoms with Crippen LogP contribution in [0.15, 0.2) is 24.3 Å². The molecule has 2 amide bonds. The zero-order valence-corrected chi connectivity index (χ0v) is 12.1. The standard InChI is InChI=1S/C15H19FN4O2/c16-11-3-1-9(2-4-11)12-7-13(19-18-12)15(22)20-6-5-10(8-20)14(17)21/h1-4,10,12-13,18-19H,5-8H2,(H2,17,21). The number of carbonyl (C=O) groups excluding carboxylic acids is 2. The third-order valence-corrected chi connectivity index (χ3v) is 4.38. The smallest absolute Gasteiger partial charge is 0.241 e. The fourth-order valence-corrected chi connectivity index (χ4v) is 3.04. The highest BCUT2D eigenvalue weighted by Gasteiger charge is 2.36. The lowest BCUT2D eigenvalue weighted by Gasteiger charge is -2.19. The van der Waals surface area contributed by atoms with Gasteiger partial charge in [0.1, 0.15) is 11.9 Å². The summed E-state index contributed by atoms with van der Waals surface area (Å²) in [6, 6.07) is 5.85. The van der Waals surface area contributed by atoms with Crippen LogP contribution in [0.3, 0.4) is 0 Å². The zero-order chi connectivity index (χ0) is 15.7. The van der Waals surface area contributed by atoms with E-state index in [2.05, 4.69) is 10.9 Å². The van der Waals surface area contributed by atoms with Crippen LogP contribution in [0.4, 0.5) is 4.39 Å². The highest BCUT2D eigenvalue weighted by atomic mass is 19.1. The molecule has 2 fully saturated rings. The molecular weight excluding hydrogens is 287 g/mol. The van der Waals surface area contributed by atoms with E-state index in [4.69, 9.17) is 5.73 Å². The highest BCUT2D eigenvalue weighted by Crippen LogP contribution is 2.25. The molecule has 2 saturated heterocycles. The summed E-state index contributed by atoms with van der Waals surface area (Å²) in [7, 11) is 0. The Morgan fingerprint density at radius 3 is 2.59 bits per heavy atom. The maximum Gasteiger partial charge on any atom is 0.241 e. The summed E-state index contributed by atoms with van der Waals surface area (Å²) in [4.78, 5) is 25.3. The normalized spacial score (nSPS) is 28.0.